The van der Waals surface area contributed by atoms with Crippen molar-refractivity contribution in [3.8, 4) is 34.5 Å². The summed E-state index contributed by atoms with van der Waals surface area (Å²) in [6, 6.07) is 11.5. The number of aromatic hydroxyl groups is 6. The number of rotatable bonds is 4. The zero-order chi connectivity index (χ0) is 20.4. The first-order chi connectivity index (χ1) is 13.3. The van der Waals surface area contributed by atoms with Gasteiger partial charge in [0.25, 0.3) is 0 Å². The van der Waals surface area contributed by atoms with Gasteiger partial charge in [0, 0.05) is 17.5 Å². The van der Waals surface area contributed by atoms with E-state index in [0.29, 0.717) is 22.3 Å². The molecule has 0 aliphatic rings. The van der Waals surface area contributed by atoms with Gasteiger partial charge in [-0.05, 0) is 47.0 Å². The van der Waals surface area contributed by atoms with Crippen LogP contribution < -0.4 is 0 Å². The highest BCUT2D eigenvalue weighted by atomic mass is 16.3. The quantitative estimate of drug-likeness (QED) is 0.297. The summed E-state index contributed by atoms with van der Waals surface area (Å²) in [5, 5.41) is 58.6. The van der Waals surface area contributed by atoms with E-state index in [4.69, 9.17) is 0 Å². The minimum absolute atomic E-state index is 0.116. The van der Waals surface area contributed by atoms with Crippen LogP contribution in [0.1, 0.15) is 35.1 Å². The zero-order valence-corrected chi connectivity index (χ0v) is 15.0. The lowest BCUT2D eigenvalue weighted by molar-refractivity contribution is 0.403. The maximum Gasteiger partial charge on any atom is 0.157 e. The van der Waals surface area contributed by atoms with Crippen LogP contribution in [0.4, 0.5) is 0 Å². The van der Waals surface area contributed by atoms with Crippen LogP contribution in [0.3, 0.4) is 0 Å². The van der Waals surface area contributed by atoms with E-state index < -0.39 is 0 Å². The molecule has 0 amide bonds. The van der Waals surface area contributed by atoms with E-state index in [9.17, 15) is 30.6 Å². The lowest BCUT2D eigenvalue weighted by Crippen LogP contribution is -1.99. The Labute approximate surface area is 161 Å². The second-order valence-electron chi connectivity index (χ2n) is 6.52. The Bertz CT molecular complexity index is 1060. The van der Waals surface area contributed by atoms with E-state index in [1.165, 1.54) is 36.4 Å². The Morgan fingerprint density at radius 2 is 1.29 bits per heavy atom. The van der Waals surface area contributed by atoms with E-state index >= 15 is 0 Å². The third-order valence-corrected chi connectivity index (χ3v) is 4.56. The van der Waals surface area contributed by atoms with E-state index in [0.717, 1.165) is 0 Å². The van der Waals surface area contributed by atoms with Crippen LogP contribution in [0.2, 0.25) is 0 Å². The van der Waals surface area contributed by atoms with E-state index in [-0.39, 0.29) is 40.4 Å². The van der Waals surface area contributed by atoms with Crippen LogP contribution in [-0.2, 0) is 0 Å². The molecule has 0 spiro atoms. The van der Waals surface area contributed by atoms with Gasteiger partial charge < -0.3 is 30.6 Å². The SMILES string of the molecule is CC(c1ccc(O)c(O)c1)c1c(O)cc(O)cc1C=Cc1ccc(O)c(O)c1. The molecule has 0 aromatic heterocycles. The fourth-order valence-corrected chi connectivity index (χ4v) is 3.06. The lowest BCUT2D eigenvalue weighted by Gasteiger charge is -2.18. The monoisotopic (exact) mass is 380 g/mol. The summed E-state index contributed by atoms with van der Waals surface area (Å²) in [5.74, 6) is -1.58. The molecule has 0 saturated heterocycles. The summed E-state index contributed by atoms with van der Waals surface area (Å²) in [6.07, 6.45) is 3.33. The third kappa shape index (κ3) is 3.81. The maximum absolute atomic E-state index is 10.4. The number of hydrogen-bond acceptors (Lipinski definition) is 6. The third-order valence-electron chi connectivity index (χ3n) is 4.56. The molecule has 0 fully saturated rings. The van der Waals surface area contributed by atoms with Crippen molar-refractivity contribution in [2.24, 2.45) is 0 Å². The van der Waals surface area contributed by atoms with Crippen molar-refractivity contribution in [3.63, 3.8) is 0 Å². The minimum Gasteiger partial charge on any atom is -0.508 e. The van der Waals surface area contributed by atoms with Crippen LogP contribution in [0.25, 0.3) is 12.2 Å². The second kappa shape index (κ2) is 7.44. The number of benzene rings is 3. The van der Waals surface area contributed by atoms with Crippen LogP contribution in [0, 0.1) is 0 Å². The summed E-state index contributed by atoms with van der Waals surface area (Å²) in [4.78, 5) is 0. The molecular formula is C22H20O6. The summed E-state index contributed by atoms with van der Waals surface area (Å²) in [6.45, 7) is 1.82. The molecule has 0 saturated carbocycles. The minimum atomic E-state index is -0.361. The molecule has 144 valence electrons. The summed E-state index contributed by atoms with van der Waals surface area (Å²) < 4.78 is 0. The summed E-state index contributed by atoms with van der Waals surface area (Å²) >= 11 is 0. The van der Waals surface area contributed by atoms with Crippen molar-refractivity contribution in [3.05, 3.63) is 70.8 Å². The molecule has 3 aromatic carbocycles. The number of hydrogen-bond donors (Lipinski definition) is 6. The van der Waals surface area contributed by atoms with Gasteiger partial charge in [0.1, 0.15) is 11.5 Å². The molecular weight excluding hydrogens is 360 g/mol. The van der Waals surface area contributed by atoms with Crippen LogP contribution in [-0.4, -0.2) is 30.6 Å². The lowest BCUT2D eigenvalue weighted by atomic mass is 9.88. The first-order valence-electron chi connectivity index (χ1n) is 8.54. The first kappa shape index (κ1) is 19.0. The maximum atomic E-state index is 10.4. The van der Waals surface area contributed by atoms with Crippen molar-refractivity contribution >= 4 is 12.2 Å². The predicted molar refractivity (Wildman–Crippen MR) is 106 cm³/mol. The van der Waals surface area contributed by atoms with Gasteiger partial charge in [-0.2, -0.15) is 0 Å². The van der Waals surface area contributed by atoms with Gasteiger partial charge in [0.05, 0.1) is 0 Å². The Balaban J connectivity index is 2.05. The highest BCUT2D eigenvalue weighted by Gasteiger charge is 2.18. The average Bonchev–Trinajstić information content (AvgIpc) is 2.64. The highest BCUT2D eigenvalue weighted by molar-refractivity contribution is 5.75. The molecule has 0 aliphatic heterocycles. The van der Waals surface area contributed by atoms with Crippen molar-refractivity contribution in [2.75, 3.05) is 0 Å². The van der Waals surface area contributed by atoms with Crippen molar-refractivity contribution < 1.29 is 30.6 Å². The summed E-state index contributed by atoms with van der Waals surface area (Å²) in [7, 11) is 0. The number of phenols is 6. The molecule has 1 atom stereocenters. The van der Waals surface area contributed by atoms with Crippen molar-refractivity contribution in [1.82, 2.24) is 0 Å². The predicted octanol–water partition coefficient (Wildman–Crippen LogP) is 4.24. The van der Waals surface area contributed by atoms with Gasteiger partial charge in [0.15, 0.2) is 23.0 Å². The molecule has 0 bridgehead atoms. The van der Waals surface area contributed by atoms with Gasteiger partial charge in [-0.25, -0.2) is 0 Å². The first-order valence-corrected chi connectivity index (χ1v) is 8.54. The Hall–Kier alpha value is -3.80. The van der Waals surface area contributed by atoms with Gasteiger partial charge in [-0.3, -0.25) is 0 Å². The van der Waals surface area contributed by atoms with Gasteiger partial charge >= 0.3 is 0 Å². The van der Waals surface area contributed by atoms with Gasteiger partial charge in [0.2, 0.25) is 0 Å². The summed E-state index contributed by atoms with van der Waals surface area (Å²) in [5.41, 5.74) is 2.32. The molecule has 3 rings (SSSR count). The van der Waals surface area contributed by atoms with Crippen LogP contribution >= 0.6 is 0 Å². The van der Waals surface area contributed by atoms with E-state index in [2.05, 4.69) is 0 Å². The molecule has 0 heterocycles. The van der Waals surface area contributed by atoms with Crippen molar-refractivity contribution in [2.45, 2.75) is 12.8 Å². The molecule has 3 aromatic rings. The number of phenolic OH excluding ortho intramolecular Hbond substituents is 6. The smallest absolute Gasteiger partial charge is 0.157 e. The average molecular weight is 380 g/mol. The fraction of sp³-hybridized carbons (Fsp3) is 0.0909. The standard InChI is InChI=1S/C22H20O6/c1-12(14-5-7-18(25)20(27)10-14)22-15(9-16(23)11-21(22)28)4-2-13-3-6-17(24)19(26)8-13/h2-12,23-28H,1H3. The van der Waals surface area contributed by atoms with E-state index in [1.807, 2.05) is 6.92 Å². The Morgan fingerprint density at radius 3 is 1.93 bits per heavy atom. The molecule has 6 N–H and O–H groups in total. The normalized spacial score (nSPS) is 12.3. The van der Waals surface area contributed by atoms with Gasteiger partial charge in [-0.15, -0.1) is 0 Å². The molecule has 28 heavy (non-hydrogen) atoms. The topological polar surface area (TPSA) is 121 Å². The fourth-order valence-electron chi connectivity index (χ4n) is 3.06. The molecule has 6 heteroatoms. The zero-order valence-electron chi connectivity index (χ0n) is 15.0. The Kier molecular flexibility index (Phi) is 5.04. The Morgan fingerprint density at radius 1 is 0.643 bits per heavy atom. The second-order valence-corrected chi connectivity index (χ2v) is 6.52. The van der Waals surface area contributed by atoms with Crippen LogP contribution in [0.15, 0.2) is 48.5 Å². The molecule has 6 nitrogen and oxygen atoms in total. The molecule has 0 aliphatic carbocycles. The van der Waals surface area contributed by atoms with Crippen molar-refractivity contribution in [1.29, 1.82) is 0 Å². The highest BCUT2D eigenvalue weighted by Crippen LogP contribution is 2.39. The molecule has 1 unspecified atom stereocenters. The van der Waals surface area contributed by atoms with E-state index in [1.54, 1.807) is 24.3 Å². The molecule has 0 radical (unpaired) electrons. The van der Waals surface area contributed by atoms with Gasteiger partial charge in [-0.1, -0.05) is 31.2 Å². The largest absolute Gasteiger partial charge is 0.508 e. The van der Waals surface area contributed by atoms with Crippen LogP contribution in [0.5, 0.6) is 34.5 Å².